The van der Waals surface area contributed by atoms with Crippen LogP contribution in [0.25, 0.3) is 22.7 Å². The minimum Gasteiger partial charge on any atom is -0.384 e. The molecule has 3 N–H and O–H groups in total. The van der Waals surface area contributed by atoms with Crippen LogP contribution in [0.4, 0.5) is 5.82 Å². The van der Waals surface area contributed by atoms with E-state index >= 15 is 0 Å². The van der Waals surface area contributed by atoms with E-state index in [1.165, 1.54) is 0 Å². The largest absolute Gasteiger partial charge is 0.384 e. The molecule has 3 rings (SSSR count). The van der Waals surface area contributed by atoms with Crippen molar-refractivity contribution in [3.63, 3.8) is 0 Å². The predicted octanol–water partition coefficient (Wildman–Crippen LogP) is 1.31. The highest BCUT2D eigenvalue weighted by molar-refractivity contribution is 5.76. The molecule has 0 radical (unpaired) electrons. The van der Waals surface area contributed by atoms with Gasteiger partial charge in [-0.15, -0.1) is 0 Å². The fourth-order valence-corrected chi connectivity index (χ4v) is 1.54. The Morgan fingerprint density at radius 2 is 2.00 bits per heavy atom. The molecule has 3 aromatic heterocycles. The second-order valence-electron chi connectivity index (χ2n) is 3.74. The van der Waals surface area contributed by atoms with E-state index < -0.39 is 0 Å². The zero-order chi connectivity index (χ0) is 11.8. The zero-order valence-corrected chi connectivity index (χ0v) is 9.18. The molecule has 0 aliphatic heterocycles. The molecule has 0 bridgehead atoms. The third kappa shape index (κ3) is 1.69. The molecule has 0 amide bonds. The summed E-state index contributed by atoms with van der Waals surface area (Å²) in [6.45, 7) is 1.89. The number of aromatic amines is 1. The lowest BCUT2D eigenvalue weighted by atomic mass is 10.4. The van der Waals surface area contributed by atoms with Crippen LogP contribution in [0.15, 0.2) is 24.5 Å². The number of fused-ring (bicyclic) bond motifs is 1. The van der Waals surface area contributed by atoms with E-state index in [1.54, 1.807) is 18.5 Å². The molecule has 0 spiro atoms. The molecule has 0 unspecified atom stereocenters. The van der Waals surface area contributed by atoms with Crippen molar-refractivity contribution in [3.8, 4) is 11.5 Å². The summed E-state index contributed by atoms with van der Waals surface area (Å²) in [5, 5.41) is 0. The third-order valence-electron chi connectivity index (χ3n) is 2.39. The van der Waals surface area contributed by atoms with E-state index in [2.05, 4.69) is 24.9 Å². The summed E-state index contributed by atoms with van der Waals surface area (Å²) < 4.78 is 0. The van der Waals surface area contributed by atoms with Gasteiger partial charge in [0.25, 0.3) is 0 Å². The monoisotopic (exact) mass is 226 g/mol. The lowest BCUT2D eigenvalue weighted by Crippen LogP contribution is -1.89. The number of pyridine rings is 1. The lowest BCUT2D eigenvalue weighted by Gasteiger charge is -1.94. The first-order valence-electron chi connectivity index (χ1n) is 5.13. The van der Waals surface area contributed by atoms with Crippen LogP contribution in [-0.2, 0) is 0 Å². The van der Waals surface area contributed by atoms with Gasteiger partial charge in [-0.2, -0.15) is 0 Å². The van der Waals surface area contributed by atoms with Gasteiger partial charge in [-0.3, -0.25) is 4.98 Å². The summed E-state index contributed by atoms with van der Waals surface area (Å²) in [5.41, 5.74) is 8.57. The number of nitrogen functional groups attached to an aromatic ring is 1. The van der Waals surface area contributed by atoms with Crippen LogP contribution in [0.1, 0.15) is 5.69 Å². The number of aryl methyl sites for hydroxylation is 1. The maximum Gasteiger partial charge on any atom is 0.180 e. The average Bonchev–Trinajstić information content (AvgIpc) is 2.72. The number of nitrogens with two attached hydrogens (primary N) is 1. The van der Waals surface area contributed by atoms with Gasteiger partial charge in [0.15, 0.2) is 11.5 Å². The smallest absolute Gasteiger partial charge is 0.180 e. The van der Waals surface area contributed by atoms with Gasteiger partial charge in [0.2, 0.25) is 0 Å². The Labute approximate surface area is 97.0 Å². The van der Waals surface area contributed by atoms with Gasteiger partial charge in [0.1, 0.15) is 11.5 Å². The molecule has 0 fully saturated rings. The van der Waals surface area contributed by atoms with Crippen LogP contribution >= 0.6 is 0 Å². The van der Waals surface area contributed by atoms with Crippen molar-refractivity contribution in [2.24, 2.45) is 0 Å². The number of anilines is 1. The van der Waals surface area contributed by atoms with Gasteiger partial charge >= 0.3 is 0 Å². The third-order valence-corrected chi connectivity index (χ3v) is 2.39. The molecule has 3 heterocycles. The maximum absolute atomic E-state index is 5.60. The molecular weight excluding hydrogens is 216 g/mol. The maximum atomic E-state index is 5.60. The quantitative estimate of drug-likeness (QED) is 0.652. The highest BCUT2D eigenvalue weighted by Crippen LogP contribution is 2.17. The van der Waals surface area contributed by atoms with Crippen LogP contribution in [0.2, 0.25) is 0 Å². The first-order chi connectivity index (χ1) is 8.22. The highest BCUT2D eigenvalue weighted by atomic mass is 15.0. The average molecular weight is 226 g/mol. The molecule has 0 saturated carbocycles. The van der Waals surface area contributed by atoms with Crippen molar-refractivity contribution in [2.75, 3.05) is 5.73 Å². The van der Waals surface area contributed by atoms with Gasteiger partial charge in [0.05, 0.1) is 17.4 Å². The molecule has 0 atom stereocenters. The molecule has 6 nitrogen and oxygen atoms in total. The first kappa shape index (κ1) is 9.71. The molecular formula is C11H10N6. The van der Waals surface area contributed by atoms with Crippen LogP contribution < -0.4 is 5.73 Å². The Kier molecular flexibility index (Phi) is 2.01. The van der Waals surface area contributed by atoms with E-state index in [-0.39, 0.29) is 0 Å². The molecule has 17 heavy (non-hydrogen) atoms. The van der Waals surface area contributed by atoms with E-state index in [0.717, 1.165) is 11.2 Å². The highest BCUT2D eigenvalue weighted by Gasteiger charge is 2.07. The SMILES string of the molecule is Cc1cnc(-c2nc3nc(N)ccc3[nH]2)cn1. The summed E-state index contributed by atoms with van der Waals surface area (Å²) in [6, 6.07) is 3.57. The molecule has 0 saturated heterocycles. The summed E-state index contributed by atoms with van der Waals surface area (Å²) in [4.78, 5) is 20.0. The minimum atomic E-state index is 0.450. The number of imidazole rings is 1. The first-order valence-corrected chi connectivity index (χ1v) is 5.13. The minimum absolute atomic E-state index is 0.450. The number of H-pyrrole nitrogens is 1. The number of rotatable bonds is 1. The molecule has 84 valence electrons. The Morgan fingerprint density at radius 1 is 1.12 bits per heavy atom. The standard InChI is InChI=1S/C11H10N6/c1-6-4-14-8(5-13-6)11-15-7-2-3-9(12)16-10(7)17-11/h2-5H,1H3,(H3,12,15,16,17). The number of hydrogen-bond acceptors (Lipinski definition) is 5. The Bertz CT molecular complexity index is 670. The number of aromatic nitrogens is 5. The fraction of sp³-hybridized carbons (Fsp3) is 0.0909. The second kappa shape index (κ2) is 3.51. The Morgan fingerprint density at radius 3 is 2.76 bits per heavy atom. The number of nitrogens with zero attached hydrogens (tertiary/aromatic N) is 4. The van der Waals surface area contributed by atoms with Crippen molar-refractivity contribution in [3.05, 3.63) is 30.2 Å². The zero-order valence-electron chi connectivity index (χ0n) is 9.18. The summed E-state index contributed by atoms with van der Waals surface area (Å²) >= 11 is 0. The summed E-state index contributed by atoms with van der Waals surface area (Å²) in [5.74, 6) is 1.09. The van der Waals surface area contributed by atoms with Crippen molar-refractivity contribution in [1.29, 1.82) is 0 Å². The van der Waals surface area contributed by atoms with Crippen molar-refractivity contribution < 1.29 is 0 Å². The van der Waals surface area contributed by atoms with E-state index in [9.17, 15) is 0 Å². The summed E-state index contributed by atoms with van der Waals surface area (Å²) in [7, 11) is 0. The van der Waals surface area contributed by atoms with Crippen molar-refractivity contribution in [1.82, 2.24) is 24.9 Å². The summed E-state index contributed by atoms with van der Waals surface area (Å²) in [6.07, 6.45) is 3.38. The van der Waals surface area contributed by atoms with Gasteiger partial charge < -0.3 is 10.7 Å². The lowest BCUT2D eigenvalue weighted by molar-refractivity contribution is 1.10. The number of hydrogen-bond donors (Lipinski definition) is 2. The van der Waals surface area contributed by atoms with Gasteiger partial charge in [0, 0.05) is 6.20 Å². The molecule has 0 aliphatic carbocycles. The molecule has 3 aromatic rings. The van der Waals surface area contributed by atoms with Crippen LogP contribution in [0.5, 0.6) is 0 Å². The predicted molar refractivity (Wildman–Crippen MR) is 64.1 cm³/mol. The van der Waals surface area contributed by atoms with Gasteiger partial charge in [-0.1, -0.05) is 0 Å². The molecule has 0 aromatic carbocycles. The van der Waals surface area contributed by atoms with Crippen LogP contribution in [0, 0.1) is 6.92 Å². The Balaban J connectivity index is 2.14. The van der Waals surface area contributed by atoms with Gasteiger partial charge in [-0.05, 0) is 19.1 Å². The van der Waals surface area contributed by atoms with Crippen molar-refractivity contribution in [2.45, 2.75) is 6.92 Å². The number of nitrogens with one attached hydrogen (secondary N) is 1. The van der Waals surface area contributed by atoms with Gasteiger partial charge in [-0.25, -0.2) is 15.0 Å². The molecule has 6 heteroatoms. The molecule has 0 aliphatic rings. The topological polar surface area (TPSA) is 93.4 Å². The second-order valence-corrected chi connectivity index (χ2v) is 3.74. The van der Waals surface area contributed by atoms with E-state index in [0.29, 0.717) is 23.0 Å². The van der Waals surface area contributed by atoms with Crippen molar-refractivity contribution >= 4 is 17.0 Å². The normalized spacial score (nSPS) is 10.9. The van der Waals surface area contributed by atoms with Crippen LogP contribution in [-0.4, -0.2) is 24.9 Å². The van der Waals surface area contributed by atoms with E-state index in [1.807, 2.05) is 13.0 Å². The fourth-order valence-electron chi connectivity index (χ4n) is 1.54. The Hall–Kier alpha value is -2.50. The van der Waals surface area contributed by atoms with E-state index in [4.69, 9.17) is 5.73 Å². The van der Waals surface area contributed by atoms with Crippen LogP contribution in [0.3, 0.4) is 0 Å².